The number of amides is 1. The van der Waals surface area contributed by atoms with Crippen molar-refractivity contribution in [1.29, 1.82) is 0 Å². The summed E-state index contributed by atoms with van der Waals surface area (Å²) in [6, 6.07) is 0.224. The Morgan fingerprint density at radius 2 is 2.05 bits per heavy atom. The number of hydrogen-bond donors (Lipinski definition) is 2. The minimum Gasteiger partial charge on any atom is -0.444 e. The van der Waals surface area contributed by atoms with Crippen LogP contribution in [0.1, 0.15) is 47.5 Å². The third-order valence-corrected chi connectivity index (χ3v) is 3.26. The number of aliphatic hydroxyl groups is 1. The molecule has 1 amide bonds. The van der Waals surface area contributed by atoms with Crippen LogP contribution in [0.5, 0.6) is 0 Å². The first-order valence-electron chi connectivity index (χ1n) is 7.56. The minimum absolute atomic E-state index is 0.224. The summed E-state index contributed by atoms with van der Waals surface area (Å²) in [5.74, 6) is 0.639. The van der Waals surface area contributed by atoms with E-state index in [4.69, 9.17) is 4.74 Å². The largest absolute Gasteiger partial charge is 0.444 e. The van der Waals surface area contributed by atoms with E-state index in [1.54, 1.807) is 4.90 Å². The predicted octanol–water partition coefficient (Wildman–Crippen LogP) is 1.99. The predicted molar refractivity (Wildman–Crippen MR) is 79.7 cm³/mol. The van der Waals surface area contributed by atoms with Gasteiger partial charge in [-0.2, -0.15) is 0 Å². The van der Waals surface area contributed by atoms with Gasteiger partial charge in [0.2, 0.25) is 0 Å². The smallest absolute Gasteiger partial charge is 0.410 e. The fourth-order valence-corrected chi connectivity index (χ4v) is 2.23. The Kier molecular flexibility index (Phi) is 6.27. The third kappa shape index (κ3) is 6.57. The van der Waals surface area contributed by atoms with Gasteiger partial charge in [-0.15, -0.1) is 0 Å². The summed E-state index contributed by atoms with van der Waals surface area (Å²) in [6.45, 7) is 11.4. The maximum absolute atomic E-state index is 12.2. The maximum atomic E-state index is 12.2. The molecule has 0 aromatic rings. The van der Waals surface area contributed by atoms with E-state index >= 15 is 0 Å². The normalized spacial score (nSPS) is 24.6. The number of rotatable bonds is 3. The zero-order valence-corrected chi connectivity index (χ0v) is 13.5. The third-order valence-electron chi connectivity index (χ3n) is 3.26. The van der Waals surface area contributed by atoms with E-state index in [-0.39, 0.29) is 12.1 Å². The lowest BCUT2D eigenvalue weighted by Crippen LogP contribution is -2.43. The van der Waals surface area contributed by atoms with E-state index in [9.17, 15) is 9.90 Å². The molecule has 1 fully saturated rings. The molecule has 1 aliphatic heterocycles. The molecule has 20 heavy (non-hydrogen) atoms. The molecule has 0 saturated carbocycles. The van der Waals surface area contributed by atoms with Crippen LogP contribution < -0.4 is 5.32 Å². The van der Waals surface area contributed by atoms with Crippen molar-refractivity contribution < 1.29 is 14.6 Å². The van der Waals surface area contributed by atoms with Crippen LogP contribution in [0.3, 0.4) is 0 Å². The number of carbonyl (C=O) groups excluding carboxylic acids is 1. The van der Waals surface area contributed by atoms with E-state index in [2.05, 4.69) is 19.2 Å². The Bertz CT molecular complexity index is 313. The quantitative estimate of drug-likeness (QED) is 0.833. The first-order valence-corrected chi connectivity index (χ1v) is 7.56. The first-order chi connectivity index (χ1) is 9.17. The summed E-state index contributed by atoms with van der Waals surface area (Å²) in [5.41, 5.74) is -0.505. The second-order valence-corrected chi connectivity index (χ2v) is 7.12. The maximum Gasteiger partial charge on any atom is 0.410 e. The van der Waals surface area contributed by atoms with Crippen molar-refractivity contribution in [2.45, 2.75) is 65.2 Å². The van der Waals surface area contributed by atoms with Gasteiger partial charge in [-0.05, 0) is 39.5 Å². The van der Waals surface area contributed by atoms with E-state index < -0.39 is 11.7 Å². The van der Waals surface area contributed by atoms with Gasteiger partial charge in [0.05, 0.1) is 12.6 Å². The van der Waals surface area contributed by atoms with E-state index in [1.807, 2.05) is 20.8 Å². The molecular formula is C15H30N2O3. The topological polar surface area (TPSA) is 61.8 Å². The molecule has 118 valence electrons. The van der Waals surface area contributed by atoms with Gasteiger partial charge in [-0.3, -0.25) is 0 Å². The van der Waals surface area contributed by atoms with Crippen molar-refractivity contribution in [2.24, 2.45) is 5.92 Å². The molecule has 0 bridgehead atoms. The fourth-order valence-electron chi connectivity index (χ4n) is 2.23. The highest BCUT2D eigenvalue weighted by Gasteiger charge is 2.29. The number of nitrogens with zero attached hydrogens (tertiary/aromatic N) is 1. The van der Waals surface area contributed by atoms with Crippen LogP contribution in [0.4, 0.5) is 4.79 Å². The lowest BCUT2D eigenvalue weighted by Gasteiger charge is -2.28. The molecule has 0 unspecified atom stereocenters. The van der Waals surface area contributed by atoms with Crippen LogP contribution in [-0.4, -0.2) is 53.5 Å². The summed E-state index contributed by atoms with van der Waals surface area (Å²) >= 11 is 0. The first kappa shape index (κ1) is 17.2. The molecule has 5 heteroatoms. The number of nitrogens with one attached hydrogen (secondary N) is 1. The van der Waals surface area contributed by atoms with Crippen molar-refractivity contribution in [2.75, 3.05) is 19.6 Å². The van der Waals surface area contributed by atoms with Crippen molar-refractivity contribution in [3.63, 3.8) is 0 Å². The zero-order valence-electron chi connectivity index (χ0n) is 13.5. The molecular weight excluding hydrogens is 256 g/mol. The van der Waals surface area contributed by atoms with Gasteiger partial charge in [-0.25, -0.2) is 4.79 Å². The molecule has 0 radical (unpaired) electrons. The lowest BCUT2D eigenvalue weighted by atomic mass is 10.0. The molecule has 1 saturated heterocycles. The highest BCUT2D eigenvalue weighted by Crippen LogP contribution is 2.14. The minimum atomic E-state index is -0.536. The van der Waals surface area contributed by atoms with Crippen molar-refractivity contribution in [1.82, 2.24) is 10.2 Å². The summed E-state index contributed by atoms with van der Waals surface area (Å²) < 4.78 is 5.40. The highest BCUT2D eigenvalue weighted by atomic mass is 16.6. The average molecular weight is 286 g/mol. The highest BCUT2D eigenvalue weighted by molar-refractivity contribution is 5.68. The number of carbonyl (C=O) groups is 1. The van der Waals surface area contributed by atoms with E-state index in [0.29, 0.717) is 25.6 Å². The van der Waals surface area contributed by atoms with Crippen LogP contribution in [0.15, 0.2) is 0 Å². The van der Waals surface area contributed by atoms with Gasteiger partial charge >= 0.3 is 6.09 Å². The van der Waals surface area contributed by atoms with Crippen LogP contribution in [0, 0.1) is 5.92 Å². The second-order valence-electron chi connectivity index (χ2n) is 7.12. The van der Waals surface area contributed by atoms with E-state index in [1.165, 1.54) is 0 Å². The standard InChI is InChI=1S/C15H30N2O3/c1-11(2)6-7-12-9-17(10-13(18)8-16-12)14(19)20-15(3,4)5/h11-13,16,18H,6-10H2,1-5H3/t12-,13-/m0/s1. The summed E-state index contributed by atoms with van der Waals surface area (Å²) in [4.78, 5) is 13.8. The Morgan fingerprint density at radius 1 is 1.40 bits per heavy atom. The monoisotopic (exact) mass is 286 g/mol. The van der Waals surface area contributed by atoms with Gasteiger partial charge in [-0.1, -0.05) is 13.8 Å². The molecule has 2 atom stereocenters. The van der Waals surface area contributed by atoms with Crippen LogP contribution in [0.2, 0.25) is 0 Å². The van der Waals surface area contributed by atoms with Gasteiger partial charge < -0.3 is 20.1 Å². The molecule has 0 aliphatic carbocycles. The SMILES string of the molecule is CC(C)CC[C@H]1CN(C(=O)OC(C)(C)C)C[C@@H](O)CN1. The zero-order chi connectivity index (χ0) is 15.3. The van der Waals surface area contributed by atoms with Crippen molar-refractivity contribution >= 4 is 6.09 Å². The average Bonchev–Trinajstić information content (AvgIpc) is 2.46. The van der Waals surface area contributed by atoms with Crippen LogP contribution >= 0.6 is 0 Å². The van der Waals surface area contributed by atoms with Gasteiger partial charge in [0.15, 0.2) is 0 Å². The van der Waals surface area contributed by atoms with Crippen LogP contribution in [-0.2, 0) is 4.74 Å². The second kappa shape index (κ2) is 7.27. The molecule has 0 spiro atoms. The van der Waals surface area contributed by atoms with Crippen molar-refractivity contribution in [3.05, 3.63) is 0 Å². The Morgan fingerprint density at radius 3 is 2.60 bits per heavy atom. The number of hydrogen-bond acceptors (Lipinski definition) is 4. The van der Waals surface area contributed by atoms with Gasteiger partial charge in [0.1, 0.15) is 5.60 Å². The molecule has 0 aromatic heterocycles. The molecule has 0 aromatic carbocycles. The van der Waals surface area contributed by atoms with Gasteiger partial charge in [0.25, 0.3) is 0 Å². The summed E-state index contributed by atoms with van der Waals surface area (Å²) in [7, 11) is 0. The summed E-state index contributed by atoms with van der Waals surface area (Å²) in [5, 5.41) is 13.2. The number of ether oxygens (including phenoxy) is 1. The number of aliphatic hydroxyl groups excluding tert-OH is 1. The van der Waals surface area contributed by atoms with Gasteiger partial charge in [0, 0.05) is 19.1 Å². The molecule has 1 aliphatic rings. The molecule has 5 nitrogen and oxygen atoms in total. The molecule has 2 N–H and O–H groups in total. The lowest BCUT2D eigenvalue weighted by molar-refractivity contribution is 0.0174. The molecule has 1 rings (SSSR count). The van der Waals surface area contributed by atoms with Crippen molar-refractivity contribution in [3.8, 4) is 0 Å². The Balaban J connectivity index is 2.60. The fraction of sp³-hybridized carbons (Fsp3) is 0.933. The Labute approximate surface area is 122 Å². The van der Waals surface area contributed by atoms with Crippen LogP contribution in [0.25, 0.3) is 0 Å². The van der Waals surface area contributed by atoms with E-state index in [0.717, 1.165) is 12.8 Å². The molecule has 1 heterocycles. The number of β-amino-alcohol motifs (C(OH)–C–C–N with tert-alkyl or cyclic N) is 1. The Hall–Kier alpha value is -0.810. The summed E-state index contributed by atoms with van der Waals surface area (Å²) in [6.07, 6.45) is 1.24.